The van der Waals surface area contributed by atoms with Crippen molar-refractivity contribution in [3.63, 3.8) is 0 Å². The molecule has 2 aromatic rings. The minimum absolute atomic E-state index is 0.0708. The van der Waals surface area contributed by atoms with Crippen molar-refractivity contribution in [1.82, 2.24) is 0 Å². The molecule has 150 valence electrons. The molecule has 1 aliphatic heterocycles. The number of benzene rings is 2. The minimum atomic E-state index is -0.719. The van der Waals surface area contributed by atoms with Crippen LogP contribution in [0.1, 0.15) is 23.7 Å². The van der Waals surface area contributed by atoms with E-state index in [9.17, 15) is 14.4 Å². The standard InChI is InChI=1S/C21H19ClN2O5/c1-3-12-29-21(27)15-6-4-5-7-16(15)24-19(25)17(22)18(20(24)26)23-13-8-10-14(28-2)11-9-13/h4-11,23H,3,12H2,1-2H3. The molecule has 7 nitrogen and oxygen atoms in total. The third-order valence-corrected chi connectivity index (χ3v) is 4.54. The first-order valence-electron chi connectivity index (χ1n) is 8.93. The summed E-state index contributed by atoms with van der Waals surface area (Å²) in [4.78, 5) is 38.9. The van der Waals surface area contributed by atoms with Crippen LogP contribution in [0.5, 0.6) is 5.75 Å². The molecule has 0 aliphatic carbocycles. The molecule has 0 saturated heterocycles. The van der Waals surface area contributed by atoms with Crippen LogP contribution in [0.2, 0.25) is 0 Å². The van der Waals surface area contributed by atoms with Crippen LogP contribution < -0.4 is 15.0 Å². The fourth-order valence-corrected chi connectivity index (χ4v) is 2.98. The van der Waals surface area contributed by atoms with Crippen molar-refractivity contribution in [2.75, 3.05) is 23.9 Å². The van der Waals surface area contributed by atoms with Crippen molar-refractivity contribution < 1.29 is 23.9 Å². The number of amides is 2. The molecule has 0 saturated carbocycles. The molecule has 0 aromatic heterocycles. The van der Waals surface area contributed by atoms with Gasteiger partial charge in [-0.15, -0.1) is 0 Å². The maximum Gasteiger partial charge on any atom is 0.340 e. The van der Waals surface area contributed by atoms with Gasteiger partial charge in [0.25, 0.3) is 11.8 Å². The van der Waals surface area contributed by atoms with Crippen LogP contribution in [-0.2, 0) is 14.3 Å². The first-order valence-corrected chi connectivity index (χ1v) is 9.31. The average molecular weight is 415 g/mol. The van der Waals surface area contributed by atoms with Crippen LogP contribution in [0.4, 0.5) is 11.4 Å². The third-order valence-electron chi connectivity index (χ3n) is 4.19. The topological polar surface area (TPSA) is 84.9 Å². The van der Waals surface area contributed by atoms with Gasteiger partial charge in [-0.25, -0.2) is 9.69 Å². The Morgan fingerprint density at radius 1 is 1.07 bits per heavy atom. The maximum absolute atomic E-state index is 13.0. The number of halogens is 1. The molecule has 0 bridgehead atoms. The number of hydrogen-bond acceptors (Lipinski definition) is 6. The molecule has 0 fully saturated rings. The number of nitrogens with zero attached hydrogens (tertiary/aromatic N) is 1. The molecule has 0 unspecified atom stereocenters. The highest BCUT2D eigenvalue weighted by Gasteiger charge is 2.40. The number of para-hydroxylation sites is 1. The van der Waals surface area contributed by atoms with E-state index in [-0.39, 0.29) is 28.6 Å². The van der Waals surface area contributed by atoms with Crippen molar-refractivity contribution in [2.45, 2.75) is 13.3 Å². The Kier molecular flexibility index (Phi) is 6.19. The minimum Gasteiger partial charge on any atom is -0.497 e. The van der Waals surface area contributed by atoms with Crippen LogP contribution >= 0.6 is 11.6 Å². The number of hydrogen-bond donors (Lipinski definition) is 1. The predicted octanol–water partition coefficient (Wildman–Crippen LogP) is 3.70. The maximum atomic E-state index is 13.0. The van der Waals surface area contributed by atoms with E-state index in [1.54, 1.807) is 43.5 Å². The van der Waals surface area contributed by atoms with Crippen LogP contribution in [0, 0.1) is 0 Å². The summed E-state index contributed by atoms with van der Waals surface area (Å²) >= 11 is 6.16. The second-order valence-electron chi connectivity index (χ2n) is 6.14. The van der Waals surface area contributed by atoms with E-state index in [4.69, 9.17) is 21.1 Å². The number of rotatable bonds is 7. The summed E-state index contributed by atoms with van der Waals surface area (Å²) in [6.45, 7) is 2.10. The molecule has 1 aliphatic rings. The van der Waals surface area contributed by atoms with Gasteiger partial charge in [0.15, 0.2) is 0 Å². The van der Waals surface area contributed by atoms with E-state index in [0.29, 0.717) is 17.9 Å². The molecule has 1 heterocycles. The number of esters is 1. The number of nitrogens with one attached hydrogen (secondary N) is 1. The highest BCUT2D eigenvalue weighted by Crippen LogP contribution is 2.32. The molecule has 29 heavy (non-hydrogen) atoms. The summed E-state index contributed by atoms with van der Waals surface area (Å²) in [5, 5.41) is 2.61. The van der Waals surface area contributed by atoms with Gasteiger partial charge < -0.3 is 14.8 Å². The molecule has 0 atom stereocenters. The first-order chi connectivity index (χ1) is 14.0. The third kappa shape index (κ3) is 4.09. The average Bonchev–Trinajstić information content (AvgIpc) is 2.95. The van der Waals surface area contributed by atoms with Crippen molar-refractivity contribution in [3.05, 3.63) is 64.8 Å². The first kappa shape index (κ1) is 20.4. The fraction of sp³-hybridized carbons (Fsp3) is 0.190. The lowest BCUT2D eigenvalue weighted by molar-refractivity contribution is -0.120. The number of ether oxygens (including phenoxy) is 2. The molecular weight excluding hydrogens is 396 g/mol. The molecule has 8 heteroatoms. The summed E-state index contributed by atoms with van der Waals surface area (Å²) in [6, 6.07) is 13.0. The smallest absolute Gasteiger partial charge is 0.340 e. The van der Waals surface area contributed by atoms with Gasteiger partial charge in [0, 0.05) is 5.69 Å². The van der Waals surface area contributed by atoms with E-state index < -0.39 is 17.8 Å². The van der Waals surface area contributed by atoms with Gasteiger partial charge in [0.05, 0.1) is 25.0 Å². The predicted molar refractivity (Wildman–Crippen MR) is 109 cm³/mol. The Bertz CT molecular complexity index is 985. The van der Waals surface area contributed by atoms with Crippen LogP contribution in [0.15, 0.2) is 59.3 Å². The molecule has 1 N–H and O–H groups in total. The van der Waals surface area contributed by atoms with Crippen LogP contribution in [0.25, 0.3) is 0 Å². The van der Waals surface area contributed by atoms with E-state index >= 15 is 0 Å². The number of methoxy groups -OCH3 is 1. The van der Waals surface area contributed by atoms with Crippen LogP contribution in [0.3, 0.4) is 0 Å². The van der Waals surface area contributed by atoms with Crippen molar-refractivity contribution in [2.24, 2.45) is 0 Å². The van der Waals surface area contributed by atoms with E-state index in [1.807, 2.05) is 6.92 Å². The largest absolute Gasteiger partial charge is 0.497 e. The Hall–Kier alpha value is -3.32. The van der Waals surface area contributed by atoms with Crippen molar-refractivity contribution >= 4 is 40.8 Å². The summed E-state index contributed by atoms with van der Waals surface area (Å²) in [6.07, 6.45) is 0.652. The Balaban J connectivity index is 1.89. The number of anilines is 2. The molecular formula is C21H19ClN2O5. The lowest BCUT2D eigenvalue weighted by Crippen LogP contribution is -2.33. The Labute approximate surface area is 172 Å². The van der Waals surface area contributed by atoms with Crippen molar-refractivity contribution in [3.8, 4) is 5.75 Å². The summed E-state index contributed by atoms with van der Waals surface area (Å²) in [7, 11) is 1.54. The summed E-state index contributed by atoms with van der Waals surface area (Å²) < 4.78 is 10.3. The lowest BCUT2D eigenvalue weighted by Gasteiger charge is -2.18. The summed E-state index contributed by atoms with van der Waals surface area (Å²) in [5.74, 6) is -1.35. The van der Waals surface area contributed by atoms with Crippen LogP contribution in [-0.4, -0.2) is 31.5 Å². The fourth-order valence-electron chi connectivity index (χ4n) is 2.76. The normalized spacial score (nSPS) is 13.7. The number of carbonyl (C=O) groups excluding carboxylic acids is 3. The lowest BCUT2D eigenvalue weighted by atomic mass is 10.1. The highest BCUT2D eigenvalue weighted by molar-refractivity contribution is 6.53. The zero-order valence-electron chi connectivity index (χ0n) is 15.9. The van der Waals surface area contributed by atoms with Gasteiger partial charge in [-0.2, -0.15) is 0 Å². The van der Waals surface area contributed by atoms with Gasteiger partial charge in [-0.1, -0.05) is 30.7 Å². The van der Waals surface area contributed by atoms with Crippen molar-refractivity contribution in [1.29, 1.82) is 0 Å². The SMILES string of the molecule is CCCOC(=O)c1ccccc1N1C(=O)C(Cl)=C(Nc2ccc(OC)cc2)C1=O. The molecule has 0 radical (unpaired) electrons. The zero-order chi connectivity index (χ0) is 21.0. The second kappa shape index (κ2) is 8.79. The van der Waals surface area contributed by atoms with Gasteiger partial charge in [0.2, 0.25) is 0 Å². The summed E-state index contributed by atoms with van der Waals surface area (Å²) in [5.41, 5.74) is 0.710. The zero-order valence-corrected chi connectivity index (χ0v) is 16.7. The number of carbonyl (C=O) groups is 3. The molecule has 3 rings (SSSR count). The Morgan fingerprint density at radius 2 is 1.76 bits per heavy atom. The van der Waals surface area contributed by atoms with Gasteiger partial charge in [0.1, 0.15) is 16.5 Å². The van der Waals surface area contributed by atoms with E-state index in [1.165, 1.54) is 12.1 Å². The molecule has 2 amide bonds. The van der Waals surface area contributed by atoms with Gasteiger partial charge in [-0.3, -0.25) is 9.59 Å². The molecule has 2 aromatic carbocycles. The number of imide groups is 1. The van der Waals surface area contributed by atoms with Gasteiger partial charge >= 0.3 is 5.97 Å². The highest BCUT2D eigenvalue weighted by atomic mass is 35.5. The Morgan fingerprint density at radius 3 is 2.41 bits per heavy atom. The second-order valence-corrected chi connectivity index (χ2v) is 6.52. The van der Waals surface area contributed by atoms with E-state index in [0.717, 1.165) is 4.90 Å². The molecule has 0 spiro atoms. The monoisotopic (exact) mass is 414 g/mol. The van der Waals surface area contributed by atoms with Gasteiger partial charge in [-0.05, 0) is 42.8 Å². The quantitative estimate of drug-likeness (QED) is 0.549. The van der Waals surface area contributed by atoms with E-state index in [2.05, 4.69) is 5.32 Å².